The van der Waals surface area contributed by atoms with Gasteiger partial charge in [0.15, 0.2) is 0 Å². The van der Waals surface area contributed by atoms with E-state index in [4.69, 9.17) is 28.3 Å². The molecule has 0 unspecified atom stereocenters. The molecule has 0 N–H and O–H groups in total. The Hall–Kier alpha value is -3.77. The first-order valence-corrected chi connectivity index (χ1v) is 11.2. The van der Waals surface area contributed by atoms with Crippen molar-refractivity contribution >= 4 is 23.2 Å². The Morgan fingerprint density at radius 2 is 1.24 bits per heavy atom. The maximum absolute atomic E-state index is 6.27. The molecule has 5 aromatic rings. The van der Waals surface area contributed by atoms with Gasteiger partial charge in [-0.25, -0.2) is 4.68 Å². The predicted molar refractivity (Wildman–Crippen MR) is 137 cm³/mol. The van der Waals surface area contributed by atoms with Crippen LogP contribution in [0.4, 0.5) is 0 Å². The summed E-state index contributed by atoms with van der Waals surface area (Å²) in [7, 11) is 0. The molecule has 0 saturated heterocycles. The van der Waals surface area contributed by atoms with Crippen molar-refractivity contribution < 1.29 is 0 Å². The van der Waals surface area contributed by atoms with Crippen LogP contribution in [0.2, 0.25) is 10.0 Å². The number of hydrogen-bond donors (Lipinski definition) is 0. The van der Waals surface area contributed by atoms with Gasteiger partial charge in [-0.1, -0.05) is 77.5 Å². The van der Waals surface area contributed by atoms with E-state index < -0.39 is 0 Å². The van der Waals surface area contributed by atoms with E-state index in [1.807, 2.05) is 108 Å². The lowest BCUT2D eigenvalue weighted by Gasteiger charge is -2.07. The van der Waals surface area contributed by atoms with E-state index in [1.165, 1.54) is 0 Å². The van der Waals surface area contributed by atoms with Gasteiger partial charge in [-0.3, -0.25) is 0 Å². The quantitative estimate of drug-likeness (QED) is 0.248. The number of aromatic nitrogens is 2. The summed E-state index contributed by atoms with van der Waals surface area (Å²) in [6.07, 6.45) is 0. The SMILES string of the molecule is Clc1ccc(C#Cc2ccc(-c3cc(-c4cccc(Cl)c4)n(-c4ccccc4)n3)cc2)cc1. The standard InChI is InChI=1S/C29H18Cl2N2/c30-25-17-13-22(14-18-25)10-9-21-11-15-23(16-12-21)28-20-29(24-5-4-6-26(31)19-24)33(32-28)27-7-2-1-3-8-27/h1-8,11-20H. The van der Waals surface area contributed by atoms with Gasteiger partial charge in [-0.2, -0.15) is 5.10 Å². The third kappa shape index (κ3) is 4.86. The average Bonchev–Trinajstić information content (AvgIpc) is 3.30. The molecule has 0 atom stereocenters. The summed E-state index contributed by atoms with van der Waals surface area (Å²) in [5.74, 6) is 6.37. The van der Waals surface area contributed by atoms with Crippen LogP contribution in [-0.2, 0) is 0 Å². The van der Waals surface area contributed by atoms with Crippen LogP contribution in [0, 0.1) is 11.8 Å². The lowest BCUT2D eigenvalue weighted by Crippen LogP contribution is -1.98. The highest BCUT2D eigenvalue weighted by Crippen LogP contribution is 2.30. The van der Waals surface area contributed by atoms with Crippen LogP contribution >= 0.6 is 23.2 Å². The molecule has 0 aliphatic rings. The van der Waals surface area contributed by atoms with Gasteiger partial charge >= 0.3 is 0 Å². The summed E-state index contributed by atoms with van der Waals surface area (Å²) in [6.45, 7) is 0. The van der Waals surface area contributed by atoms with Gasteiger partial charge in [0, 0.05) is 32.3 Å². The topological polar surface area (TPSA) is 17.8 Å². The van der Waals surface area contributed by atoms with Crippen molar-refractivity contribution in [3.8, 4) is 40.0 Å². The summed E-state index contributed by atoms with van der Waals surface area (Å²) >= 11 is 12.2. The summed E-state index contributed by atoms with van der Waals surface area (Å²) in [5.41, 5.74) is 6.74. The highest BCUT2D eigenvalue weighted by atomic mass is 35.5. The molecule has 4 heteroatoms. The van der Waals surface area contributed by atoms with Crippen LogP contribution in [0.25, 0.3) is 28.2 Å². The normalized spacial score (nSPS) is 10.5. The summed E-state index contributed by atoms with van der Waals surface area (Å²) in [5, 5.41) is 6.31. The van der Waals surface area contributed by atoms with Gasteiger partial charge in [-0.05, 0) is 66.7 Å². The fraction of sp³-hybridized carbons (Fsp3) is 0. The van der Waals surface area contributed by atoms with Crippen LogP contribution in [0.15, 0.2) is 109 Å². The molecule has 0 bridgehead atoms. The molecule has 0 fully saturated rings. The fourth-order valence-electron chi connectivity index (χ4n) is 3.54. The monoisotopic (exact) mass is 464 g/mol. The van der Waals surface area contributed by atoms with E-state index in [-0.39, 0.29) is 0 Å². The first-order valence-electron chi connectivity index (χ1n) is 10.5. The largest absolute Gasteiger partial charge is 0.232 e. The molecular formula is C29H18Cl2N2. The molecule has 4 aromatic carbocycles. The van der Waals surface area contributed by atoms with Crippen LogP contribution in [-0.4, -0.2) is 9.78 Å². The molecule has 0 aliphatic carbocycles. The zero-order valence-electron chi connectivity index (χ0n) is 17.5. The zero-order chi connectivity index (χ0) is 22.6. The van der Waals surface area contributed by atoms with Crippen molar-refractivity contribution in [1.82, 2.24) is 9.78 Å². The van der Waals surface area contributed by atoms with Crippen molar-refractivity contribution in [3.63, 3.8) is 0 Å². The second kappa shape index (κ2) is 9.38. The molecule has 0 saturated carbocycles. The van der Waals surface area contributed by atoms with E-state index in [9.17, 15) is 0 Å². The smallest absolute Gasteiger partial charge is 0.0934 e. The van der Waals surface area contributed by atoms with Gasteiger partial charge < -0.3 is 0 Å². The highest BCUT2D eigenvalue weighted by molar-refractivity contribution is 6.31. The van der Waals surface area contributed by atoms with Gasteiger partial charge in [0.2, 0.25) is 0 Å². The van der Waals surface area contributed by atoms with Crippen molar-refractivity contribution in [2.75, 3.05) is 0 Å². The third-order valence-corrected chi connectivity index (χ3v) is 5.69. The van der Waals surface area contributed by atoms with E-state index in [0.29, 0.717) is 10.0 Å². The number of halogens is 2. The lowest BCUT2D eigenvalue weighted by molar-refractivity contribution is 0.892. The second-order valence-electron chi connectivity index (χ2n) is 7.51. The predicted octanol–water partition coefficient (Wildman–Crippen LogP) is 7.91. The Morgan fingerprint density at radius 3 is 1.91 bits per heavy atom. The number of nitrogens with zero attached hydrogens (tertiary/aromatic N) is 2. The Bertz CT molecular complexity index is 1460. The first kappa shape index (κ1) is 21.1. The van der Waals surface area contributed by atoms with Crippen molar-refractivity contribution in [2.45, 2.75) is 0 Å². The van der Waals surface area contributed by atoms with Crippen LogP contribution < -0.4 is 0 Å². The molecule has 0 radical (unpaired) electrons. The number of rotatable bonds is 3. The molecule has 1 heterocycles. The van der Waals surface area contributed by atoms with E-state index in [0.717, 1.165) is 39.3 Å². The van der Waals surface area contributed by atoms with Crippen molar-refractivity contribution in [1.29, 1.82) is 0 Å². The van der Waals surface area contributed by atoms with Crippen LogP contribution in [0.1, 0.15) is 11.1 Å². The maximum Gasteiger partial charge on any atom is 0.0934 e. The Labute approximate surface area is 203 Å². The number of benzene rings is 4. The third-order valence-electron chi connectivity index (χ3n) is 5.21. The minimum atomic E-state index is 0.693. The molecule has 158 valence electrons. The molecule has 33 heavy (non-hydrogen) atoms. The molecule has 5 rings (SSSR count). The van der Waals surface area contributed by atoms with Gasteiger partial charge in [-0.15, -0.1) is 0 Å². The van der Waals surface area contributed by atoms with Gasteiger partial charge in [0.05, 0.1) is 17.1 Å². The lowest BCUT2D eigenvalue weighted by atomic mass is 10.1. The van der Waals surface area contributed by atoms with Gasteiger partial charge in [0.1, 0.15) is 0 Å². The Morgan fingerprint density at radius 1 is 0.576 bits per heavy atom. The maximum atomic E-state index is 6.27. The summed E-state index contributed by atoms with van der Waals surface area (Å²) in [6, 6.07) is 35.6. The molecule has 0 spiro atoms. The van der Waals surface area contributed by atoms with E-state index in [2.05, 4.69) is 17.9 Å². The average molecular weight is 465 g/mol. The fourth-order valence-corrected chi connectivity index (χ4v) is 3.86. The zero-order valence-corrected chi connectivity index (χ0v) is 19.1. The number of hydrogen-bond acceptors (Lipinski definition) is 1. The molecule has 0 amide bonds. The van der Waals surface area contributed by atoms with E-state index in [1.54, 1.807) is 0 Å². The van der Waals surface area contributed by atoms with Gasteiger partial charge in [0.25, 0.3) is 0 Å². The second-order valence-corrected chi connectivity index (χ2v) is 8.38. The summed E-state index contributed by atoms with van der Waals surface area (Å²) in [4.78, 5) is 0. The number of para-hydroxylation sites is 1. The minimum Gasteiger partial charge on any atom is -0.232 e. The molecule has 0 aliphatic heterocycles. The van der Waals surface area contributed by atoms with E-state index >= 15 is 0 Å². The van der Waals surface area contributed by atoms with Crippen LogP contribution in [0.3, 0.4) is 0 Å². The Kier molecular flexibility index (Phi) is 6.00. The first-order chi connectivity index (χ1) is 16.2. The van der Waals surface area contributed by atoms with Crippen molar-refractivity contribution in [2.24, 2.45) is 0 Å². The Balaban J connectivity index is 1.50. The minimum absolute atomic E-state index is 0.693. The molecular weight excluding hydrogens is 447 g/mol. The highest BCUT2D eigenvalue weighted by Gasteiger charge is 2.13. The molecule has 1 aromatic heterocycles. The molecule has 2 nitrogen and oxygen atoms in total. The van der Waals surface area contributed by atoms with Crippen LogP contribution in [0.5, 0.6) is 0 Å². The van der Waals surface area contributed by atoms with Crippen molar-refractivity contribution in [3.05, 3.63) is 130 Å². The summed E-state index contributed by atoms with van der Waals surface area (Å²) < 4.78 is 1.95.